The summed E-state index contributed by atoms with van der Waals surface area (Å²) < 4.78 is 6.03. The maximum atomic E-state index is 13.4. The monoisotopic (exact) mass is 479 g/mol. The topological polar surface area (TPSA) is 46.6 Å². The number of hydrogen-bond acceptors (Lipinski definition) is 3. The van der Waals surface area contributed by atoms with E-state index in [9.17, 15) is 9.59 Å². The van der Waals surface area contributed by atoms with E-state index in [0.29, 0.717) is 6.61 Å². The maximum absolute atomic E-state index is 13.4. The van der Waals surface area contributed by atoms with Crippen LogP contribution in [0.2, 0.25) is 0 Å². The van der Waals surface area contributed by atoms with E-state index in [-0.39, 0.29) is 35.8 Å². The second kappa shape index (κ2) is 9.24. The van der Waals surface area contributed by atoms with Gasteiger partial charge >= 0.3 is 6.09 Å². The minimum absolute atomic E-state index is 0.0284. The van der Waals surface area contributed by atoms with E-state index in [1.54, 1.807) is 0 Å². The molecule has 2 atom stereocenters. The lowest BCUT2D eigenvalue weighted by Gasteiger charge is -2.47. The van der Waals surface area contributed by atoms with Gasteiger partial charge in [0.2, 0.25) is 0 Å². The average molecular weight is 480 g/mol. The van der Waals surface area contributed by atoms with Crippen molar-refractivity contribution in [1.29, 1.82) is 0 Å². The van der Waals surface area contributed by atoms with Crippen molar-refractivity contribution >= 4 is 11.9 Å². The van der Waals surface area contributed by atoms with Gasteiger partial charge in [-0.2, -0.15) is 0 Å². The number of ketones is 1. The molecule has 2 saturated heterocycles. The quantitative estimate of drug-likeness (QED) is 0.376. The lowest BCUT2D eigenvalue weighted by atomic mass is 9.75. The van der Waals surface area contributed by atoms with Crippen molar-refractivity contribution < 1.29 is 14.3 Å². The third kappa shape index (κ3) is 3.93. The summed E-state index contributed by atoms with van der Waals surface area (Å²) in [6.07, 6.45) is 4.23. The highest BCUT2D eigenvalue weighted by Crippen LogP contribution is 2.45. The molecular weight excluding hydrogens is 446 g/mol. The van der Waals surface area contributed by atoms with Crippen LogP contribution in [0, 0.1) is 19.8 Å². The molecule has 0 spiro atoms. The number of hydrogen-bond donors (Lipinski definition) is 0. The number of piperidine rings is 2. The van der Waals surface area contributed by atoms with Crippen LogP contribution in [0.1, 0.15) is 70.6 Å². The number of nitrogens with zero attached hydrogens (tertiary/aromatic N) is 1. The van der Waals surface area contributed by atoms with E-state index in [0.717, 1.165) is 43.2 Å². The molecule has 3 aromatic rings. The molecule has 2 bridgehead atoms. The SMILES string of the molecule is Cc1ccc(C(=O)C2CC3CCCC(C2)N3C(=O)OCC2c3ccccc3-c3ccccc32)c(C)c1. The molecule has 0 saturated carbocycles. The molecule has 4 nitrogen and oxygen atoms in total. The number of carbonyl (C=O) groups is 2. The fraction of sp³-hybridized carbons (Fsp3) is 0.375. The predicted octanol–water partition coefficient (Wildman–Crippen LogP) is 7.07. The first-order chi connectivity index (χ1) is 17.5. The van der Waals surface area contributed by atoms with E-state index in [4.69, 9.17) is 4.74 Å². The molecule has 0 N–H and O–H groups in total. The molecule has 2 aliphatic heterocycles. The van der Waals surface area contributed by atoms with Gasteiger partial charge in [0, 0.05) is 29.5 Å². The summed E-state index contributed by atoms with van der Waals surface area (Å²) in [4.78, 5) is 28.9. The minimum Gasteiger partial charge on any atom is -0.448 e. The van der Waals surface area contributed by atoms with E-state index >= 15 is 0 Å². The Balaban J connectivity index is 1.17. The Hall–Kier alpha value is -3.40. The van der Waals surface area contributed by atoms with Crippen LogP contribution >= 0.6 is 0 Å². The van der Waals surface area contributed by atoms with Gasteiger partial charge in [-0.15, -0.1) is 0 Å². The van der Waals surface area contributed by atoms with Gasteiger partial charge in [-0.3, -0.25) is 4.79 Å². The number of carbonyl (C=O) groups excluding carboxylic acids is 2. The van der Waals surface area contributed by atoms with Gasteiger partial charge in [-0.1, -0.05) is 72.3 Å². The lowest BCUT2D eigenvalue weighted by molar-refractivity contribution is 0.00649. The number of benzene rings is 3. The summed E-state index contributed by atoms with van der Waals surface area (Å²) in [5, 5.41) is 0. The van der Waals surface area contributed by atoms with E-state index in [1.165, 1.54) is 27.8 Å². The third-order valence-corrected chi connectivity index (χ3v) is 8.54. The summed E-state index contributed by atoms with van der Waals surface area (Å²) in [5.41, 5.74) is 7.97. The number of fused-ring (bicyclic) bond motifs is 5. The minimum atomic E-state index is -0.219. The molecule has 1 aliphatic carbocycles. The lowest BCUT2D eigenvalue weighted by Crippen LogP contribution is -2.56. The number of Topliss-reactive ketones (excluding diaryl/α,β-unsaturated/α-hetero) is 1. The fourth-order valence-electron chi connectivity index (χ4n) is 6.87. The van der Waals surface area contributed by atoms with Crippen LogP contribution in [-0.2, 0) is 4.74 Å². The Morgan fingerprint density at radius 2 is 1.47 bits per heavy atom. The fourth-order valence-corrected chi connectivity index (χ4v) is 6.87. The zero-order valence-electron chi connectivity index (χ0n) is 21.1. The van der Waals surface area contributed by atoms with Crippen LogP contribution in [0.25, 0.3) is 11.1 Å². The Morgan fingerprint density at radius 1 is 0.861 bits per heavy atom. The second-order valence-corrected chi connectivity index (χ2v) is 10.8. The first-order valence-corrected chi connectivity index (χ1v) is 13.3. The highest BCUT2D eigenvalue weighted by molar-refractivity contribution is 5.99. The smallest absolute Gasteiger partial charge is 0.410 e. The Kier molecular flexibility index (Phi) is 5.91. The zero-order chi connectivity index (χ0) is 24.8. The van der Waals surface area contributed by atoms with E-state index in [1.807, 2.05) is 24.0 Å². The maximum Gasteiger partial charge on any atom is 0.410 e. The van der Waals surface area contributed by atoms with E-state index in [2.05, 4.69) is 61.5 Å². The number of amides is 1. The van der Waals surface area contributed by atoms with Gasteiger partial charge in [-0.05, 0) is 73.8 Å². The van der Waals surface area contributed by atoms with Crippen LogP contribution in [0.5, 0.6) is 0 Å². The van der Waals surface area contributed by atoms with Crippen LogP contribution in [-0.4, -0.2) is 35.5 Å². The van der Waals surface area contributed by atoms with Gasteiger partial charge in [0.1, 0.15) is 6.61 Å². The second-order valence-electron chi connectivity index (χ2n) is 10.8. The summed E-state index contributed by atoms with van der Waals surface area (Å²) >= 11 is 0. The van der Waals surface area contributed by atoms with Gasteiger partial charge in [0.05, 0.1) is 0 Å². The van der Waals surface area contributed by atoms with Crippen LogP contribution in [0.15, 0.2) is 66.7 Å². The molecule has 1 amide bonds. The zero-order valence-corrected chi connectivity index (χ0v) is 21.1. The summed E-state index contributed by atoms with van der Waals surface area (Å²) in [6, 6.07) is 23.1. The molecule has 184 valence electrons. The Bertz CT molecular complexity index is 1270. The Morgan fingerprint density at radius 3 is 2.08 bits per heavy atom. The molecule has 3 aromatic carbocycles. The van der Waals surface area contributed by atoms with E-state index < -0.39 is 0 Å². The highest BCUT2D eigenvalue weighted by Gasteiger charge is 2.44. The van der Waals surface area contributed by atoms with Crippen molar-refractivity contribution in [3.8, 4) is 11.1 Å². The molecule has 36 heavy (non-hydrogen) atoms. The molecule has 0 aromatic heterocycles. The number of ether oxygens (including phenoxy) is 1. The molecule has 2 heterocycles. The number of aryl methyl sites for hydroxylation is 2. The molecule has 2 fully saturated rings. The first-order valence-electron chi connectivity index (χ1n) is 13.3. The van der Waals surface area contributed by atoms with Crippen molar-refractivity contribution in [2.24, 2.45) is 5.92 Å². The van der Waals surface area contributed by atoms with Gasteiger partial charge < -0.3 is 9.64 Å². The van der Waals surface area contributed by atoms with Gasteiger partial charge in [0.25, 0.3) is 0 Å². The predicted molar refractivity (Wildman–Crippen MR) is 141 cm³/mol. The summed E-state index contributed by atoms with van der Waals surface area (Å²) in [7, 11) is 0. The van der Waals surface area contributed by atoms with Crippen molar-refractivity contribution in [3.05, 3.63) is 94.5 Å². The normalized spacial score (nSPS) is 22.6. The Labute approximate surface area is 213 Å². The van der Waals surface area contributed by atoms with Gasteiger partial charge in [-0.25, -0.2) is 4.79 Å². The molecule has 3 aliphatic rings. The van der Waals surface area contributed by atoms with Crippen LogP contribution in [0.4, 0.5) is 4.79 Å². The molecule has 6 rings (SSSR count). The van der Waals surface area contributed by atoms with Crippen LogP contribution in [0.3, 0.4) is 0 Å². The highest BCUT2D eigenvalue weighted by atomic mass is 16.6. The van der Waals surface area contributed by atoms with Crippen molar-refractivity contribution in [2.45, 2.75) is 64.0 Å². The summed E-state index contributed by atoms with van der Waals surface area (Å²) in [6.45, 7) is 4.42. The first kappa shape index (κ1) is 23.0. The average Bonchev–Trinajstić information content (AvgIpc) is 3.20. The van der Waals surface area contributed by atoms with Crippen molar-refractivity contribution in [1.82, 2.24) is 4.90 Å². The largest absolute Gasteiger partial charge is 0.448 e. The van der Waals surface area contributed by atoms with Gasteiger partial charge in [0.15, 0.2) is 5.78 Å². The number of rotatable bonds is 4. The van der Waals surface area contributed by atoms with Crippen molar-refractivity contribution in [3.63, 3.8) is 0 Å². The molecule has 2 unspecified atom stereocenters. The molecular formula is C32H33NO3. The molecule has 0 radical (unpaired) electrons. The van der Waals surface area contributed by atoms with Crippen molar-refractivity contribution in [2.75, 3.05) is 6.61 Å². The van der Waals surface area contributed by atoms with Crippen LogP contribution < -0.4 is 0 Å². The third-order valence-electron chi connectivity index (χ3n) is 8.54. The standard InChI is InChI=1S/C32H33NO3/c1-20-14-15-25(21(2)16-20)31(34)22-17-23-8-7-9-24(18-22)33(23)32(35)36-19-30-28-12-5-3-10-26(28)27-11-4-6-13-29(27)30/h3-6,10-16,22-24,30H,7-9,17-19H2,1-2H3. The molecule has 4 heteroatoms. The summed E-state index contributed by atoms with van der Waals surface area (Å²) in [5.74, 6) is 0.265.